The minimum absolute atomic E-state index is 0.222. The number of amides is 2. The van der Waals surface area contributed by atoms with E-state index in [1.165, 1.54) is 24.3 Å². The van der Waals surface area contributed by atoms with Crippen molar-refractivity contribution in [2.24, 2.45) is 5.73 Å². The molecule has 8 heteroatoms. The number of nitrogens with one attached hydrogen (secondary N) is 1. The van der Waals surface area contributed by atoms with Crippen LogP contribution in [0.15, 0.2) is 53.0 Å². The van der Waals surface area contributed by atoms with E-state index in [0.717, 1.165) is 4.47 Å². The van der Waals surface area contributed by atoms with Crippen molar-refractivity contribution in [3.63, 3.8) is 0 Å². The van der Waals surface area contributed by atoms with Crippen LogP contribution in [-0.4, -0.2) is 26.0 Å². The van der Waals surface area contributed by atoms with Crippen LogP contribution >= 0.6 is 15.9 Å². The van der Waals surface area contributed by atoms with Gasteiger partial charge >= 0.3 is 0 Å². The van der Waals surface area contributed by atoms with Gasteiger partial charge in [0.25, 0.3) is 0 Å². The number of primary amides is 1. The van der Waals surface area contributed by atoms with Gasteiger partial charge in [-0.1, -0.05) is 28.1 Å². The molecule has 2 aromatic carbocycles. The Bertz CT molecular complexity index is 864. The Morgan fingerprint density at radius 2 is 1.75 bits per heavy atom. The maximum absolute atomic E-state index is 12.1. The first-order valence-corrected chi connectivity index (χ1v) is 9.51. The number of halogens is 1. The van der Waals surface area contributed by atoms with E-state index in [-0.39, 0.29) is 5.75 Å². The van der Waals surface area contributed by atoms with Crippen LogP contribution in [0.5, 0.6) is 0 Å². The molecule has 2 amide bonds. The maximum atomic E-state index is 12.1. The fourth-order valence-electron chi connectivity index (χ4n) is 2.05. The fourth-order valence-corrected chi connectivity index (χ4v) is 3.75. The van der Waals surface area contributed by atoms with Crippen LogP contribution in [0.25, 0.3) is 0 Å². The molecule has 0 unspecified atom stereocenters. The number of hydrogen-bond acceptors (Lipinski definition) is 4. The van der Waals surface area contributed by atoms with Crippen molar-refractivity contribution in [1.29, 1.82) is 0 Å². The zero-order valence-electron chi connectivity index (χ0n) is 12.5. The number of anilines is 1. The zero-order chi connectivity index (χ0) is 17.7. The average molecular weight is 411 g/mol. The summed E-state index contributed by atoms with van der Waals surface area (Å²) in [5.41, 5.74) is 6.42. The van der Waals surface area contributed by atoms with E-state index >= 15 is 0 Å². The van der Waals surface area contributed by atoms with E-state index in [2.05, 4.69) is 21.2 Å². The Labute approximate surface area is 148 Å². The van der Waals surface area contributed by atoms with Crippen molar-refractivity contribution in [3.8, 4) is 0 Å². The molecule has 0 saturated heterocycles. The van der Waals surface area contributed by atoms with E-state index in [9.17, 15) is 18.0 Å². The molecule has 0 saturated carbocycles. The number of sulfone groups is 1. The van der Waals surface area contributed by atoms with Crippen molar-refractivity contribution < 1.29 is 18.0 Å². The number of carbonyl (C=O) groups is 2. The Hall–Kier alpha value is -2.19. The Morgan fingerprint density at radius 1 is 1.08 bits per heavy atom. The van der Waals surface area contributed by atoms with Gasteiger partial charge in [-0.15, -0.1) is 0 Å². The third kappa shape index (κ3) is 5.47. The number of rotatable bonds is 6. The molecule has 0 spiro atoms. The molecule has 0 aliphatic heterocycles. The van der Waals surface area contributed by atoms with Crippen molar-refractivity contribution in [2.75, 3.05) is 11.1 Å². The topological polar surface area (TPSA) is 106 Å². The van der Waals surface area contributed by atoms with Crippen molar-refractivity contribution in [3.05, 3.63) is 64.1 Å². The van der Waals surface area contributed by atoms with E-state index in [1.807, 2.05) is 0 Å². The molecular weight excluding hydrogens is 396 g/mol. The first-order valence-electron chi connectivity index (χ1n) is 6.90. The Kier molecular flexibility index (Phi) is 5.74. The smallest absolute Gasteiger partial charge is 0.248 e. The second kappa shape index (κ2) is 7.59. The largest absolute Gasteiger partial charge is 0.366 e. The van der Waals surface area contributed by atoms with Gasteiger partial charge in [-0.25, -0.2) is 8.42 Å². The van der Waals surface area contributed by atoms with Crippen molar-refractivity contribution in [2.45, 2.75) is 5.75 Å². The van der Waals surface area contributed by atoms with Gasteiger partial charge in [0.2, 0.25) is 11.8 Å². The highest BCUT2D eigenvalue weighted by molar-refractivity contribution is 9.10. The van der Waals surface area contributed by atoms with Crippen LogP contribution in [0.4, 0.5) is 5.69 Å². The molecule has 0 aliphatic rings. The second-order valence-electron chi connectivity index (χ2n) is 5.15. The Balaban J connectivity index is 1.99. The number of carbonyl (C=O) groups excluding carboxylic acids is 2. The van der Waals surface area contributed by atoms with Gasteiger partial charge < -0.3 is 11.1 Å². The molecule has 0 aromatic heterocycles. The van der Waals surface area contributed by atoms with Gasteiger partial charge in [0, 0.05) is 15.7 Å². The Morgan fingerprint density at radius 3 is 2.33 bits per heavy atom. The quantitative estimate of drug-likeness (QED) is 0.759. The molecule has 0 fully saturated rings. The molecular formula is C16H15BrN2O4S. The summed E-state index contributed by atoms with van der Waals surface area (Å²) in [6.45, 7) is 0. The van der Waals surface area contributed by atoms with Crippen LogP contribution in [-0.2, 0) is 20.4 Å². The first kappa shape index (κ1) is 18.2. The van der Waals surface area contributed by atoms with E-state index in [1.54, 1.807) is 24.3 Å². The number of benzene rings is 2. The van der Waals surface area contributed by atoms with Gasteiger partial charge in [0.1, 0.15) is 5.75 Å². The number of nitrogens with two attached hydrogens (primary N) is 1. The van der Waals surface area contributed by atoms with Crippen LogP contribution in [0, 0.1) is 0 Å². The van der Waals surface area contributed by atoms with E-state index in [0.29, 0.717) is 16.8 Å². The molecule has 126 valence electrons. The van der Waals surface area contributed by atoms with Crippen LogP contribution in [0.2, 0.25) is 0 Å². The van der Waals surface area contributed by atoms with Gasteiger partial charge in [-0.3, -0.25) is 9.59 Å². The summed E-state index contributed by atoms with van der Waals surface area (Å²) in [6, 6.07) is 12.8. The molecule has 3 N–H and O–H groups in total. The molecule has 0 aliphatic carbocycles. The second-order valence-corrected chi connectivity index (χ2v) is 8.13. The summed E-state index contributed by atoms with van der Waals surface area (Å²) in [7, 11) is -3.60. The summed E-state index contributed by atoms with van der Waals surface area (Å²) in [5.74, 6) is -2.07. The third-order valence-corrected chi connectivity index (χ3v) is 5.05. The molecule has 2 aromatic rings. The lowest BCUT2D eigenvalue weighted by molar-refractivity contribution is -0.113. The maximum Gasteiger partial charge on any atom is 0.248 e. The molecule has 0 heterocycles. The average Bonchev–Trinajstić information content (AvgIpc) is 2.46. The summed E-state index contributed by atoms with van der Waals surface area (Å²) < 4.78 is 25.0. The van der Waals surface area contributed by atoms with Crippen LogP contribution in [0.3, 0.4) is 0 Å². The highest BCUT2D eigenvalue weighted by Gasteiger charge is 2.18. The zero-order valence-corrected chi connectivity index (χ0v) is 14.9. The van der Waals surface area contributed by atoms with Crippen molar-refractivity contribution >= 4 is 43.3 Å². The highest BCUT2D eigenvalue weighted by Crippen LogP contribution is 2.15. The van der Waals surface area contributed by atoms with Crippen molar-refractivity contribution in [1.82, 2.24) is 0 Å². The van der Waals surface area contributed by atoms with Gasteiger partial charge in [0.05, 0.1) is 5.75 Å². The van der Waals surface area contributed by atoms with E-state index in [4.69, 9.17) is 5.73 Å². The standard InChI is InChI=1S/C16H15BrN2O4S/c17-13-3-1-2-11(8-13)9-24(22,23)10-15(20)19-14-6-4-12(5-7-14)16(18)21/h1-8H,9-10H2,(H2,18,21)(H,19,20). The lowest BCUT2D eigenvalue weighted by atomic mass is 10.2. The lowest BCUT2D eigenvalue weighted by Crippen LogP contribution is -2.24. The summed E-state index contributed by atoms with van der Waals surface area (Å²) in [4.78, 5) is 22.9. The first-order chi connectivity index (χ1) is 11.2. The minimum atomic E-state index is -3.60. The lowest BCUT2D eigenvalue weighted by Gasteiger charge is -2.07. The van der Waals surface area contributed by atoms with Gasteiger partial charge in [-0.05, 0) is 42.0 Å². The molecule has 0 radical (unpaired) electrons. The normalized spacial score (nSPS) is 11.0. The van der Waals surface area contributed by atoms with Gasteiger partial charge in [-0.2, -0.15) is 0 Å². The van der Waals surface area contributed by atoms with Crippen LogP contribution < -0.4 is 11.1 Å². The molecule has 2 rings (SSSR count). The minimum Gasteiger partial charge on any atom is -0.366 e. The predicted molar refractivity (Wildman–Crippen MR) is 95.2 cm³/mol. The summed E-state index contributed by atoms with van der Waals surface area (Å²) in [6.07, 6.45) is 0. The summed E-state index contributed by atoms with van der Waals surface area (Å²) in [5, 5.41) is 2.48. The molecule has 6 nitrogen and oxygen atoms in total. The third-order valence-electron chi connectivity index (χ3n) is 3.08. The predicted octanol–water partition coefficient (Wildman–Crippen LogP) is 2.10. The number of hydrogen-bond donors (Lipinski definition) is 2. The van der Waals surface area contributed by atoms with Crippen LogP contribution in [0.1, 0.15) is 15.9 Å². The highest BCUT2D eigenvalue weighted by atomic mass is 79.9. The molecule has 24 heavy (non-hydrogen) atoms. The van der Waals surface area contributed by atoms with E-state index < -0.39 is 27.4 Å². The monoisotopic (exact) mass is 410 g/mol. The van der Waals surface area contributed by atoms with Gasteiger partial charge in [0.15, 0.2) is 9.84 Å². The SMILES string of the molecule is NC(=O)c1ccc(NC(=O)CS(=O)(=O)Cc2cccc(Br)c2)cc1. The molecule has 0 atom stereocenters. The molecule has 0 bridgehead atoms. The summed E-state index contributed by atoms with van der Waals surface area (Å²) >= 11 is 3.27. The fraction of sp³-hybridized carbons (Fsp3) is 0.125.